The minimum atomic E-state index is 0.0772. The summed E-state index contributed by atoms with van der Waals surface area (Å²) in [7, 11) is 0. The molecule has 2 aliphatic rings. The highest BCUT2D eigenvalue weighted by Crippen LogP contribution is 2.24. The molecule has 2 amide bonds. The molecule has 1 saturated heterocycles. The van der Waals surface area contributed by atoms with Crippen LogP contribution in [0.5, 0.6) is 0 Å². The molecule has 0 aromatic heterocycles. The SMILES string of the molecule is O=C1CCc2cc(CC(=O)N3CCCC3)ccc2N1. The first kappa shape index (κ1) is 12.2. The average molecular weight is 258 g/mol. The summed E-state index contributed by atoms with van der Waals surface area (Å²) in [6, 6.07) is 5.92. The second-order valence-electron chi connectivity index (χ2n) is 5.30. The van der Waals surface area contributed by atoms with Crippen molar-refractivity contribution in [3.8, 4) is 0 Å². The van der Waals surface area contributed by atoms with Crippen molar-refractivity contribution in [2.45, 2.75) is 32.1 Å². The van der Waals surface area contributed by atoms with Gasteiger partial charge in [0.05, 0.1) is 6.42 Å². The van der Waals surface area contributed by atoms with Crippen molar-refractivity contribution in [3.63, 3.8) is 0 Å². The molecular weight excluding hydrogens is 240 g/mol. The van der Waals surface area contributed by atoms with Crippen LogP contribution >= 0.6 is 0 Å². The van der Waals surface area contributed by atoms with E-state index in [2.05, 4.69) is 11.4 Å². The number of amides is 2. The largest absolute Gasteiger partial charge is 0.342 e. The molecule has 0 radical (unpaired) electrons. The van der Waals surface area contributed by atoms with Crippen molar-refractivity contribution in [3.05, 3.63) is 29.3 Å². The lowest BCUT2D eigenvalue weighted by Gasteiger charge is -2.19. The van der Waals surface area contributed by atoms with E-state index in [1.807, 2.05) is 17.0 Å². The highest BCUT2D eigenvalue weighted by Gasteiger charge is 2.19. The second kappa shape index (κ2) is 5.03. The maximum Gasteiger partial charge on any atom is 0.226 e. The summed E-state index contributed by atoms with van der Waals surface area (Å²) in [5.41, 5.74) is 3.09. The predicted octanol–water partition coefficient (Wildman–Crippen LogP) is 1.74. The molecule has 4 nitrogen and oxygen atoms in total. The molecule has 4 heteroatoms. The first-order valence-corrected chi connectivity index (χ1v) is 6.92. The van der Waals surface area contributed by atoms with Gasteiger partial charge in [-0.3, -0.25) is 9.59 Å². The monoisotopic (exact) mass is 258 g/mol. The molecule has 1 fully saturated rings. The zero-order chi connectivity index (χ0) is 13.2. The van der Waals surface area contributed by atoms with Crippen LogP contribution in [-0.2, 0) is 22.4 Å². The zero-order valence-corrected chi connectivity index (χ0v) is 10.9. The molecule has 3 rings (SSSR count). The number of benzene rings is 1. The number of hydrogen-bond donors (Lipinski definition) is 1. The van der Waals surface area contributed by atoms with E-state index in [0.717, 1.165) is 49.2 Å². The highest BCUT2D eigenvalue weighted by atomic mass is 16.2. The Balaban J connectivity index is 1.71. The molecule has 0 spiro atoms. The molecule has 0 unspecified atom stereocenters. The Labute approximate surface area is 112 Å². The third-order valence-corrected chi connectivity index (χ3v) is 3.88. The lowest BCUT2D eigenvalue weighted by atomic mass is 9.99. The van der Waals surface area contributed by atoms with Crippen molar-refractivity contribution >= 4 is 17.5 Å². The summed E-state index contributed by atoms with van der Waals surface area (Å²) in [6.07, 6.45) is 4.04. The van der Waals surface area contributed by atoms with Crippen molar-refractivity contribution in [1.29, 1.82) is 0 Å². The molecule has 0 aliphatic carbocycles. The number of nitrogens with one attached hydrogen (secondary N) is 1. The molecule has 19 heavy (non-hydrogen) atoms. The highest BCUT2D eigenvalue weighted by molar-refractivity contribution is 5.94. The van der Waals surface area contributed by atoms with E-state index in [1.54, 1.807) is 0 Å². The van der Waals surface area contributed by atoms with Gasteiger partial charge in [0.25, 0.3) is 0 Å². The fourth-order valence-corrected chi connectivity index (χ4v) is 2.80. The van der Waals surface area contributed by atoms with Gasteiger partial charge < -0.3 is 10.2 Å². The molecule has 1 aromatic rings. The minimum absolute atomic E-state index is 0.0772. The summed E-state index contributed by atoms with van der Waals surface area (Å²) in [5, 5.41) is 2.86. The maximum absolute atomic E-state index is 12.1. The van der Waals surface area contributed by atoms with Gasteiger partial charge in [-0.05, 0) is 36.5 Å². The van der Waals surface area contributed by atoms with E-state index in [1.165, 1.54) is 0 Å². The summed E-state index contributed by atoms with van der Waals surface area (Å²) < 4.78 is 0. The average Bonchev–Trinajstić information content (AvgIpc) is 2.93. The number of fused-ring (bicyclic) bond motifs is 1. The molecule has 1 aromatic carbocycles. The number of rotatable bonds is 2. The molecule has 2 heterocycles. The molecule has 0 saturated carbocycles. The van der Waals surface area contributed by atoms with Gasteiger partial charge in [0.2, 0.25) is 11.8 Å². The van der Waals surface area contributed by atoms with Gasteiger partial charge in [-0.15, -0.1) is 0 Å². The van der Waals surface area contributed by atoms with Gasteiger partial charge in [0, 0.05) is 25.2 Å². The number of hydrogen-bond acceptors (Lipinski definition) is 2. The van der Waals surface area contributed by atoms with E-state index in [-0.39, 0.29) is 11.8 Å². The van der Waals surface area contributed by atoms with Crippen LogP contribution in [-0.4, -0.2) is 29.8 Å². The Morgan fingerprint density at radius 3 is 2.79 bits per heavy atom. The third-order valence-electron chi connectivity index (χ3n) is 3.88. The normalized spacial score (nSPS) is 18.1. The Kier molecular flexibility index (Phi) is 3.23. The smallest absolute Gasteiger partial charge is 0.226 e. The van der Waals surface area contributed by atoms with Crippen LogP contribution in [0.2, 0.25) is 0 Å². The molecule has 2 aliphatic heterocycles. The molecule has 0 atom stereocenters. The van der Waals surface area contributed by atoms with Crippen molar-refractivity contribution in [1.82, 2.24) is 4.90 Å². The number of carbonyl (C=O) groups is 2. The summed E-state index contributed by atoms with van der Waals surface area (Å²) in [4.78, 5) is 25.3. The van der Waals surface area contributed by atoms with Gasteiger partial charge in [-0.2, -0.15) is 0 Å². The van der Waals surface area contributed by atoms with Crippen LogP contribution in [0.25, 0.3) is 0 Å². The Morgan fingerprint density at radius 1 is 1.21 bits per heavy atom. The molecule has 0 bridgehead atoms. The number of carbonyl (C=O) groups excluding carboxylic acids is 2. The van der Waals surface area contributed by atoms with Gasteiger partial charge in [-0.1, -0.05) is 12.1 Å². The summed E-state index contributed by atoms with van der Waals surface area (Å²) in [6.45, 7) is 1.81. The van der Waals surface area contributed by atoms with Crippen molar-refractivity contribution < 1.29 is 9.59 Å². The first-order valence-electron chi connectivity index (χ1n) is 6.92. The van der Waals surface area contributed by atoms with Crippen molar-refractivity contribution in [2.75, 3.05) is 18.4 Å². The first-order chi connectivity index (χ1) is 9.22. The van der Waals surface area contributed by atoms with Crippen LogP contribution in [0.1, 0.15) is 30.4 Å². The lowest BCUT2D eigenvalue weighted by Crippen LogP contribution is -2.29. The van der Waals surface area contributed by atoms with Gasteiger partial charge in [0.1, 0.15) is 0 Å². The van der Waals surface area contributed by atoms with Gasteiger partial charge in [0.15, 0.2) is 0 Å². The van der Waals surface area contributed by atoms with E-state index in [9.17, 15) is 9.59 Å². The summed E-state index contributed by atoms with van der Waals surface area (Å²) >= 11 is 0. The fourth-order valence-electron chi connectivity index (χ4n) is 2.80. The lowest BCUT2D eigenvalue weighted by molar-refractivity contribution is -0.129. The molecule has 100 valence electrons. The van der Waals surface area contributed by atoms with Gasteiger partial charge >= 0.3 is 0 Å². The number of aryl methyl sites for hydroxylation is 1. The minimum Gasteiger partial charge on any atom is -0.342 e. The van der Waals surface area contributed by atoms with Crippen LogP contribution < -0.4 is 5.32 Å². The van der Waals surface area contributed by atoms with E-state index in [0.29, 0.717) is 12.8 Å². The number of anilines is 1. The zero-order valence-electron chi connectivity index (χ0n) is 10.9. The topological polar surface area (TPSA) is 49.4 Å². The summed E-state index contributed by atoms with van der Waals surface area (Å²) in [5.74, 6) is 0.297. The molecule has 1 N–H and O–H groups in total. The Bertz CT molecular complexity index is 519. The maximum atomic E-state index is 12.1. The predicted molar refractivity (Wildman–Crippen MR) is 72.9 cm³/mol. The van der Waals surface area contributed by atoms with Crippen LogP contribution in [0.4, 0.5) is 5.69 Å². The molecular formula is C15H18N2O2. The van der Waals surface area contributed by atoms with Crippen LogP contribution in [0.15, 0.2) is 18.2 Å². The quantitative estimate of drug-likeness (QED) is 0.878. The third kappa shape index (κ3) is 2.62. The van der Waals surface area contributed by atoms with Crippen LogP contribution in [0.3, 0.4) is 0 Å². The van der Waals surface area contributed by atoms with E-state index in [4.69, 9.17) is 0 Å². The fraction of sp³-hybridized carbons (Fsp3) is 0.467. The van der Waals surface area contributed by atoms with Gasteiger partial charge in [-0.25, -0.2) is 0 Å². The van der Waals surface area contributed by atoms with Crippen molar-refractivity contribution in [2.24, 2.45) is 0 Å². The van der Waals surface area contributed by atoms with Crippen LogP contribution in [0, 0.1) is 0 Å². The standard InChI is InChI=1S/C15H18N2O2/c18-14-6-4-12-9-11(3-5-13(12)16-14)10-15(19)17-7-1-2-8-17/h3,5,9H,1-2,4,6-8,10H2,(H,16,18). The number of nitrogens with zero attached hydrogens (tertiary/aromatic N) is 1. The Morgan fingerprint density at radius 2 is 2.00 bits per heavy atom. The van der Waals surface area contributed by atoms with E-state index < -0.39 is 0 Å². The second-order valence-corrected chi connectivity index (χ2v) is 5.30. The van der Waals surface area contributed by atoms with E-state index >= 15 is 0 Å². The number of likely N-dealkylation sites (tertiary alicyclic amines) is 1. The Hall–Kier alpha value is -1.84.